The molecule has 0 unspecified atom stereocenters. The highest BCUT2D eigenvalue weighted by atomic mass is 16.2. The number of nitrogens with zero attached hydrogens (tertiary/aromatic N) is 3. The average molecular weight is 325 g/mol. The number of amides is 1. The van der Waals surface area contributed by atoms with Crippen molar-refractivity contribution in [2.45, 2.75) is 25.8 Å². The number of carbonyl (C=O) groups excluding carboxylic acids is 1. The SMILES string of the molecule is CNc1nc(C)cc(NC2CCN(C(=O)c3ccccc3)CC2)n1. The van der Waals surface area contributed by atoms with Gasteiger partial charge in [-0.15, -0.1) is 0 Å². The van der Waals surface area contributed by atoms with Crippen LogP contribution < -0.4 is 10.6 Å². The minimum Gasteiger partial charge on any atom is -0.367 e. The van der Waals surface area contributed by atoms with Gasteiger partial charge < -0.3 is 15.5 Å². The Balaban J connectivity index is 1.57. The fraction of sp³-hybridized carbons (Fsp3) is 0.389. The largest absolute Gasteiger partial charge is 0.367 e. The maximum atomic E-state index is 12.5. The van der Waals surface area contributed by atoms with Crippen LogP contribution in [0.2, 0.25) is 0 Å². The summed E-state index contributed by atoms with van der Waals surface area (Å²) in [5.74, 6) is 1.57. The van der Waals surface area contributed by atoms with Gasteiger partial charge in [0.15, 0.2) is 0 Å². The fourth-order valence-electron chi connectivity index (χ4n) is 2.95. The minimum atomic E-state index is 0.115. The first-order valence-electron chi connectivity index (χ1n) is 8.30. The Bertz CT molecular complexity index is 696. The first-order valence-corrected chi connectivity index (χ1v) is 8.30. The number of rotatable bonds is 4. The van der Waals surface area contributed by atoms with Crippen molar-refractivity contribution in [2.24, 2.45) is 0 Å². The van der Waals surface area contributed by atoms with E-state index in [1.807, 2.05) is 55.3 Å². The van der Waals surface area contributed by atoms with Gasteiger partial charge in [0, 0.05) is 43.5 Å². The zero-order chi connectivity index (χ0) is 16.9. The predicted molar refractivity (Wildman–Crippen MR) is 95.3 cm³/mol. The molecule has 3 rings (SSSR count). The zero-order valence-corrected chi connectivity index (χ0v) is 14.1. The number of hydrogen-bond donors (Lipinski definition) is 2. The molecule has 6 heteroatoms. The van der Waals surface area contributed by atoms with Gasteiger partial charge in [-0.2, -0.15) is 4.98 Å². The van der Waals surface area contributed by atoms with Gasteiger partial charge in [-0.1, -0.05) is 18.2 Å². The Hall–Kier alpha value is -2.63. The Morgan fingerprint density at radius 2 is 1.88 bits per heavy atom. The molecule has 0 atom stereocenters. The average Bonchev–Trinajstić information content (AvgIpc) is 2.62. The number of hydrogen-bond acceptors (Lipinski definition) is 5. The lowest BCUT2D eigenvalue weighted by atomic mass is 10.0. The van der Waals surface area contributed by atoms with E-state index in [0.717, 1.165) is 43.0 Å². The number of anilines is 2. The standard InChI is InChI=1S/C18H23N5O/c1-13-12-16(22-18(19-2)20-13)21-15-8-10-23(11-9-15)17(24)14-6-4-3-5-7-14/h3-7,12,15H,8-11H2,1-2H3,(H2,19,20,21,22). The number of piperidine rings is 1. The second-order valence-corrected chi connectivity index (χ2v) is 6.05. The van der Waals surface area contributed by atoms with Crippen molar-refractivity contribution in [3.05, 3.63) is 47.7 Å². The quantitative estimate of drug-likeness (QED) is 0.904. The van der Waals surface area contributed by atoms with Crippen molar-refractivity contribution >= 4 is 17.7 Å². The van der Waals surface area contributed by atoms with Crippen molar-refractivity contribution in [1.82, 2.24) is 14.9 Å². The van der Waals surface area contributed by atoms with E-state index in [0.29, 0.717) is 12.0 Å². The number of likely N-dealkylation sites (tertiary alicyclic amines) is 1. The second kappa shape index (κ2) is 7.29. The predicted octanol–water partition coefficient (Wildman–Crippen LogP) is 2.54. The highest BCUT2D eigenvalue weighted by molar-refractivity contribution is 5.94. The zero-order valence-electron chi connectivity index (χ0n) is 14.1. The van der Waals surface area contributed by atoms with Crippen LogP contribution in [0.25, 0.3) is 0 Å². The maximum absolute atomic E-state index is 12.5. The van der Waals surface area contributed by atoms with Crippen molar-refractivity contribution < 1.29 is 4.79 Å². The van der Waals surface area contributed by atoms with E-state index in [4.69, 9.17) is 0 Å². The van der Waals surface area contributed by atoms with E-state index >= 15 is 0 Å². The number of nitrogens with one attached hydrogen (secondary N) is 2. The molecule has 24 heavy (non-hydrogen) atoms. The van der Waals surface area contributed by atoms with Crippen LogP contribution in [0, 0.1) is 6.92 Å². The van der Waals surface area contributed by atoms with E-state index in [2.05, 4.69) is 20.6 Å². The highest BCUT2D eigenvalue weighted by Gasteiger charge is 2.23. The van der Waals surface area contributed by atoms with Crippen LogP contribution in [-0.2, 0) is 0 Å². The van der Waals surface area contributed by atoms with Crippen LogP contribution in [0.4, 0.5) is 11.8 Å². The van der Waals surface area contributed by atoms with E-state index in [-0.39, 0.29) is 5.91 Å². The first-order chi connectivity index (χ1) is 11.7. The molecule has 6 nitrogen and oxygen atoms in total. The van der Waals surface area contributed by atoms with E-state index < -0.39 is 0 Å². The minimum absolute atomic E-state index is 0.115. The maximum Gasteiger partial charge on any atom is 0.253 e. The molecule has 1 aliphatic rings. The lowest BCUT2D eigenvalue weighted by molar-refractivity contribution is 0.0718. The van der Waals surface area contributed by atoms with Crippen LogP contribution in [-0.4, -0.2) is 47.0 Å². The van der Waals surface area contributed by atoms with Gasteiger partial charge in [0.1, 0.15) is 5.82 Å². The Morgan fingerprint density at radius 3 is 2.54 bits per heavy atom. The molecule has 0 bridgehead atoms. The molecule has 1 aromatic carbocycles. The van der Waals surface area contributed by atoms with Gasteiger partial charge in [-0.25, -0.2) is 4.98 Å². The van der Waals surface area contributed by atoms with Crippen molar-refractivity contribution in [2.75, 3.05) is 30.8 Å². The van der Waals surface area contributed by atoms with Crippen LogP contribution in [0.1, 0.15) is 28.9 Å². The monoisotopic (exact) mass is 325 g/mol. The smallest absolute Gasteiger partial charge is 0.253 e. The molecule has 0 aliphatic carbocycles. The van der Waals surface area contributed by atoms with Gasteiger partial charge in [0.05, 0.1) is 0 Å². The summed E-state index contributed by atoms with van der Waals surface area (Å²) in [5.41, 5.74) is 1.68. The molecule has 2 N–H and O–H groups in total. The van der Waals surface area contributed by atoms with Crippen LogP contribution >= 0.6 is 0 Å². The van der Waals surface area contributed by atoms with Crippen molar-refractivity contribution in [3.8, 4) is 0 Å². The third-order valence-corrected chi connectivity index (χ3v) is 4.23. The lowest BCUT2D eigenvalue weighted by Gasteiger charge is -2.32. The number of aryl methyl sites for hydroxylation is 1. The Labute approximate surface area is 142 Å². The summed E-state index contributed by atoms with van der Waals surface area (Å²) in [6.45, 7) is 3.47. The fourth-order valence-corrected chi connectivity index (χ4v) is 2.95. The van der Waals surface area contributed by atoms with Crippen molar-refractivity contribution in [1.29, 1.82) is 0 Å². The van der Waals surface area contributed by atoms with Gasteiger partial charge in [-0.05, 0) is 31.9 Å². The molecule has 1 aliphatic heterocycles. The Morgan fingerprint density at radius 1 is 1.17 bits per heavy atom. The molecule has 1 saturated heterocycles. The van der Waals surface area contributed by atoms with Crippen LogP contribution in [0.5, 0.6) is 0 Å². The van der Waals surface area contributed by atoms with Crippen molar-refractivity contribution in [3.63, 3.8) is 0 Å². The van der Waals surface area contributed by atoms with Crippen LogP contribution in [0.15, 0.2) is 36.4 Å². The summed E-state index contributed by atoms with van der Waals surface area (Å²) in [5, 5.41) is 6.44. The molecule has 1 aromatic heterocycles. The molecular formula is C18H23N5O. The van der Waals surface area contributed by atoms with Gasteiger partial charge in [0.2, 0.25) is 5.95 Å². The summed E-state index contributed by atoms with van der Waals surface area (Å²) in [6.07, 6.45) is 1.83. The van der Waals surface area contributed by atoms with Gasteiger partial charge >= 0.3 is 0 Å². The third kappa shape index (κ3) is 3.82. The summed E-state index contributed by atoms with van der Waals surface area (Å²) >= 11 is 0. The molecule has 126 valence electrons. The Kier molecular flexibility index (Phi) is 4.93. The lowest BCUT2D eigenvalue weighted by Crippen LogP contribution is -2.42. The number of benzene rings is 1. The van der Waals surface area contributed by atoms with E-state index in [1.54, 1.807) is 0 Å². The molecule has 2 aromatic rings. The number of aromatic nitrogens is 2. The molecule has 1 fully saturated rings. The molecule has 0 spiro atoms. The normalized spacial score (nSPS) is 15.2. The van der Waals surface area contributed by atoms with Gasteiger partial charge in [0.25, 0.3) is 5.91 Å². The molecule has 0 saturated carbocycles. The molecule has 0 radical (unpaired) electrons. The molecular weight excluding hydrogens is 302 g/mol. The van der Waals surface area contributed by atoms with E-state index in [1.165, 1.54) is 0 Å². The molecule has 1 amide bonds. The summed E-state index contributed by atoms with van der Waals surface area (Å²) < 4.78 is 0. The highest BCUT2D eigenvalue weighted by Crippen LogP contribution is 2.18. The summed E-state index contributed by atoms with van der Waals surface area (Å²) in [4.78, 5) is 23.1. The number of carbonyl (C=O) groups is 1. The van der Waals surface area contributed by atoms with Gasteiger partial charge in [-0.3, -0.25) is 4.79 Å². The topological polar surface area (TPSA) is 70.2 Å². The summed E-state index contributed by atoms with van der Waals surface area (Å²) in [6, 6.07) is 11.7. The van der Waals surface area contributed by atoms with E-state index in [9.17, 15) is 4.79 Å². The summed E-state index contributed by atoms with van der Waals surface area (Å²) in [7, 11) is 1.81. The first kappa shape index (κ1) is 16.2. The van der Waals surface area contributed by atoms with Crippen LogP contribution in [0.3, 0.4) is 0 Å². The third-order valence-electron chi connectivity index (χ3n) is 4.23. The second-order valence-electron chi connectivity index (χ2n) is 6.05. The molecule has 2 heterocycles.